The third-order valence-corrected chi connectivity index (χ3v) is 1.66. The van der Waals surface area contributed by atoms with Crippen LogP contribution in [0, 0.1) is 5.41 Å². The highest BCUT2D eigenvalue weighted by Gasteiger charge is 2.02. The summed E-state index contributed by atoms with van der Waals surface area (Å²) in [6.45, 7) is 4.14. The van der Waals surface area contributed by atoms with Gasteiger partial charge < -0.3 is 4.57 Å². The molecule has 0 unspecified atom stereocenters. The summed E-state index contributed by atoms with van der Waals surface area (Å²) in [7, 11) is 1.87. The molecule has 0 aliphatic rings. The van der Waals surface area contributed by atoms with Crippen molar-refractivity contribution in [3.63, 3.8) is 0 Å². The maximum absolute atomic E-state index is 7.48. The van der Waals surface area contributed by atoms with Crippen LogP contribution in [-0.4, -0.2) is 9.55 Å². The Hall–Kier alpha value is -1.12. The van der Waals surface area contributed by atoms with Crippen LogP contribution in [0.15, 0.2) is 12.3 Å². The van der Waals surface area contributed by atoms with Crippen LogP contribution in [0.25, 0.3) is 0 Å². The molecule has 0 fully saturated rings. The van der Waals surface area contributed by atoms with Gasteiger partial charge in [0, 0.05) is 19.2 Å². The standard InChI is InChI=1S/C8H13N3/c1-6(2)8-10-5-4-7(9)11(8)3/h4-6,9H,1-3H3. The van der Waals surface area contributed by atoms with Crippen LogP contribution < -0.4 is 5.49 Å². The van der Waals surface area contributed by atoms with E-state index < -0.39 is 0 Å². The first-order valence-corrected chi connectivity index (χ1v) is 3.69. The highest BCUT2D eigenvalue weighted by Crippen LogP contribution is 2.06. The van der Waals surface area contributed by atoms with Crippen molar-refractivity contribution in [3.05, 3.63) is 23.6 Å². The summed E-state index contributed by atoms with van der Waals surface area (Å²) >= 11 is 0. The Morgan fingerprint density at radius 1 is 1.55 bits per heavy atom. The van der Waals surface area contributed by atoms with E-state index in [9.17, 15) is 0 Å². The second kappa shape index (κ2) is 2.86. The molecule has 1 aromatic rings. The third-order valence-electron chi connectivity index (χ3n) is 1.66. The van der Waals surface area contributed by atoms with Crippen molar-refractivity contribution in [2.45, 2.75) is 19.8 Å². The van der Waals surface area contributed by atoms with Crippen molar-refractivity contribution in [1.82, 2.24) is 9.55 Å². The highest BCUT2D eigenvalue weighted by molar-refractivity contribution is 4.95. The van der Waals surface area contributed by atoms with Crippen LogP contribution in [0.3, 0.4) is 0 Å². The lowest BCUT2D eigenvalue weighted by molar-refractivity contribution is 0.650. The van der Waals surface area contributed by atoms with Gasteiger partial charge in [-0.3, -0.25) is 5.41 Å². The molecule has 0 saturated heterocycles. The Morgan fingerprint density at radius 2 is 2.18 bits per heavy atom. The van der Waals surface area contributed by atoms with Gasteiger partial charge in [0.05, 0.1) is 0 Å². The number of hydrogen-bond acceptors (Lipinski definition) is 2. The smallest absolute Gasteiger partial charge is 0.127 e. The van der Waals surface area contributed by atoms with E-state index >= 15 is 0 Å². The Labute approximate surface area is 66.2 Å². The van der Waals surface area contributed by atoms with Crippen molar-refractivity contribution in [2.24, 2.45) is 7.05 Å². The minimum absolute atomic E-state index is 0.380. The molecule has 11 heavy (non-hydrogen) atoms. The summed E-state index contributed by atoms with van der Waals surface area (Å²) < 4.78 is 1.80. The van der Waals surface area contributed by atoms with Crippen LogP contribution >= 0.6 is 0 Å². The fourth-order valence-corrected chi connectivity index (χ4v) is 1.04. The van der Waals surface area contributed by atoms with Gasteiger partial charge in [0.1, 0.15) is 11.3 Å². The third kappa shape index (κ3) is 1.48. The van der Waals surface area contributed by atoms with Gasteiger partial charge in [0.2, 0.25) is 0 Å². The molecule has 3 nitrogen and oxygen atoms in total. The van der Waals surface area contributed by atoms with Gasteiger partial charge in [-0.15, -0.1) is 0 Å². The summed E-state index contributed by atoms with van der Waals surface area (Å²) in [6, 6.07) is 1.69. The molecule has 1 aromatic heterocycles. The zero-order chi connectivity index (χ0) is 8.43. The topological polar surface area (TPSA) is 41.7 Å². The van der Waals surface area contributed by atoms with Crippen molar-refractivity contribution >= 4 is 0 Å². The van der Waals surface area contributed by atoms with E-state index in [0.29, 0.717) is 11.4 Å². The molecule has 0 radical (unpaired) electrons. The van der Waals surface area contributed by atoms with Crippen molar-refractivity contribution in [3.8, 4) is 0 Å². The maximum Gasteiger partial charge on any atom is 0.127 e. The summed E-state index contributed by atoms with van der Waals surface area (Å²) in [4.78, 5) is 4.18. The molecule has 0 aliphatic carbocycles. The molecule has 1 rings (SSSR count). The zero-order valence-electron chi connectivity index (χ0n) is 7.13. The van der Waals surface area contributed by atoms with Gasteiger partial charge in [-0.25, -0.2) is 4.98 Å². The van der Waals surface area contributed by atoms with Crippen LogP contribution in [0.1, 0.15) is 25.6 Å². The second-order valence-electron chi connectivity index (χ2n) is 2.90. The Morgan fingerprint density at radius 3 is 2.64 bits per heavy atom. The van der Waals surface area contributed by atoms with Crippen LogP contribution in [0.4, 0.5) is 0 Å². The summed E-state index contributed by atoms with van der Waals surface area (Å²) in [5, 5.41) is 7.48. The van der Waals surface area contributed by atoms with Gasteiger partial charge in [0.15, 0.2) is 0 Å². The van der Waals surface area contributed by atoms with Crippen LogP contribution in [-0.2, 0) is 7.05 Å². The van der Waals surface area contributed by atoms with E-state index in [4.69, 9.17) is 5.41 Å². The molecule has 0 aromatic carbocycles. The van der Waals surface area contributed by atoms with Gasteiger partial charge in [-0.1, -0.05) is 13.8 Å². The molecule has 0 amide bonds. The summed E-state index contributed by atoms with van der Waals surface area (Å²) in [5.41, 5.74) is 0.503. The van der Waals surface area contributed by atoms with E-state index in [0.717, 1.165) is 5.82 Å². The maximum atomic E-state index is 7.48. The minimum Gasteiger partial charge on any atom is -0.318 e. The average molecular weight is 151 g/mol. The molecule has 0 spiro atoms. The van der Waals surface area contributed by atoms with Crippen molar-refractivity contribution in [1.29, 1.82) is 5.41 Å². The average Bonchev–Trinajstić information content (AvgIpc) is 1.94. The highest BCUT2D eigenvalue weighted by atomic mass is 15.0. The van der Waals surface area contributed by atoms with E-state index in [2.05, 4.69) is 18.8 Å². The SMILES string of the molecule is CC(C)c1nccc(=N)n1C. The lowest BCUT2D eigenvalue weighted by Gasteiger charge is -2.09. The van der Waals surface area contributed by atoms with Gasteiger partial charge >= 0.3 is 0 Å². The molecule has 1 heterocycles. The molecule has 1 N–H and O–H groups in total. The lowest BCUT2D eigenvalue weighted by Crippen LogP contribution is -2.21. The quantitative estimate of drug-likeness (QED) is 0.639. The largest absolute Gasteiger partial charge is 0.318 e. The number of aromatic nitrogens is 2. The van der Waals surface area contributed by atoms with Crippen LogP contribution in [0.5, 0.6) is 0 Å². The van der Waals surface area contributed by atoms with Crippen molar-refractivity contribution in [2.75, 3.05) is 0 Å². The number of hydrogen-bond donors (Lipinski definition) is 1. The monoisotopic (exact) mass is 151 g/mol. The molecule has 0 aliphatic heterocycles. The first-order valence-electron chi connectivity index (χ1n) is 3.69. The number of rotatable bonds is 1. The Balaban J connectivity index is 3.28. The molecule has 0 saturated carbocycles. The number of nitrogens with one attached hydrogen (secondary N) is 1. The minimum atomic E-state index is 0.380. The second-order valence-corrected chi connectivity index (χ2v) is 2.90. The zero-order valence-corrected chi connectivity index (χ0v) is 7.13. The molecule has 3 heteroatoms. The molecule has 0 atom stereocenters. The van der Waals surface area contributed by atoms with Crippen LogP contribution in [0.2, 0.25) is 0 Å². The predicted molar refractivity (Wildman–Crippen MR) is 43.2 cm³/mol. The first-order chi connectivity index (χ1) is 5.13. The van der Waals surface area contributed by atoms with E-state index in [1.54, 1.807) is 16.8 Å². The predicted octanol–water partition coefficient (Wildman–Crippen LogP) is 1.02. The summed E-state index contributed by atoms with van der Waals surface area (Å²) in [5.74, 6) is 1.34. The first kappa shape index (κ1) is 7.98. The Kier molecular flexibility index (Phi) is 2.08. The van der Waals surface area contributed by atoms with E-state index in [-0.39, 0.29) is 0 Å². The fraction of sp³-hybridized carbons (Fsp3) is 0.500. The molecular weight excluding hydrogens is 138 g/mol. The molecule has 0 bridgehead atoms. The lowest BCUT2D eigenvalue weighted by atomic mass is 10.2. The van der Waals surface area contributed by atoms with Gasteiger partial charge in [0.25, 0.3) is 0 Å². The van der Waals surface area contributed by atoms with E-state index in [1.165, 1.54) is 0 Å². The van der Waals surface area contributed by atoms with E-state index in [1.807, 2.05) is 7.05 Å². The normalized spacial score (nSPS) is 10.5. The Bertz CT molecular complexity index is 298. The van der Waals surface area contributed by atoms with Gasteiger partial charge in [-0.05, 0) is 6.07 Å². The van der Waals surface area contributed by atoms with Gasteiger partial charge in [-0.2, -0.15) is 0 Å². The molecular formula is C8H13N3. The number of nitrogens with zero attached hydrogens (tertiary/aromatic N) is 2. The summed E-state index contributed by atoms with van der Waals surface area (Å²) in [6.07, 6.45) is 1.68. The molecule has 60 valence electrons. The van der Waals surface area contributed by atoms with Crippen molar-refractivity contribution < 1.29 is 0 Å². The fourth-order valence-electron chi connectivity index (χ4n) is 1.04.